The van der Waals surface area contributed by atoms with Crippen LogP contribution in [0.15, 0.2) is 42.6 Å². The maximum atomic E-state index is 13.2. The Labute approximate surface area is 141 Å². The summed E-state index contributed by atoms with van der Waals surface area (Å²) in [6, 6.07) is 9.61. The van der Waals surface area contributed by atoms with Crippen LogP contribution in [0, 0.1) is 5.82 Å². The molecule has 5 nitrogen and oxygen atoms in total. The average Bonchev–Trinajstić information content (AvgIpc) is 2.53. The molecule has 2 rings (SSSR count). The summed E-state index contributed by atoms with van der Waals surface area (Å²) in [5.74, 6) is 0.249. The number of halogens is 1. The number of pyridine rings is 1. The van der Waals surface area contributed by atoms with Crippen LogP contribution >= 0.6 is 0 Å². The number of nitrogens with one attached hydrogen (secondary N) is 1. The van der Waals surface area contributed by atoms with Crippen molar-refractivity contribution in [1.29, 1.82) is 0 Å². The molecule has 0 aliphatic heterocycles. The van der Waals surface area contributed by atoms with Gasteiger partial charge in [-0.2, -0.15) is 0 Å². The monoisotopic (exact) mass is 331 g/mol. The Morgan fingerprint density at radius 2 is 2.08 bits per heavy atom. The van der Waals surface area contributed by atoms with Crippen LogP contribution < -0.4 is 10.1 Å². The summed E-state index contributed by atoms with van der Waals surface area (Å²) >= 11 is 0. The van der Waals surface area contributed by atoms with Crippen molar-refractivity contribution in [1.82, 2.24) is 15.2 Å². The molecule has 0 saturated carbocycles. The largest absolute Gasteiger partial charge is 0.475 e. The van der Waals surface area contributed by atoms with Crippen LogP contribution in [0.2, 0.25) is 0 Å². The van der Waals surface area contributed by atoms with Crippen molar-refractivity contribution in [2.24, 2.45) is 0 Å². The highest BCUT2D eigenvalue weighted by Gasteiger charge is 2.09. The molecule has 0 bridgehead atoms. The molecule has 128 valence electrons. The van der Waals surface area contributed by atoms with Gasteiger partial charge in [-0.1, -0.05) is 18.2 Å². The van der Waals surface area contributed by atoms with E-state index in [2.05, 4.69) is 10.3 Å². The number of hydrogen-bond acceptors (Lipinski definition) is 3. The number of benzene rings is 1. The van der Waals surface area contributed by atoms with E-state index in [1.54, 1.807) is 31.4 Å². The predicted octanol–water partition coefficient (Wildman–Crippen LogP) is 3.35. The molecule has 0 atom stereocenters. The van der Waals surface area contributed by atoms with Crippen molar-refractivity contribution >= 4 is 6.03 Å². The average molecular weight is 331 g/mol. The second-order valence-corrected chi connectivity index (χ2v) is 5.82. The highest BCUT2D eigenvalue weighted by Crippen LogP contribution is 2.10. The molecule has 1 heterocycles. The third-order valence-corrected chi connectivity index (χ3v) is 3.25. The summed E-state index contributed by atoms with van der Waals surface area (Å²) in [7, 11) is 1.66. The lowest BCUT2D eigenvalue weighted by atomic mass is 10.2. The first-order chi connectivity index (χ1) is 11.4. The van der Waals surface area contributed by atoms with E-state index in [1.165, 1.54) is 17.0 Å². The molecule has 6 heteroatoms. The molecule has 0 unspecified atom stereocenters. The van der Waals surface area contributed by atoms with E-state index in [0.29, 0.717) is 19.0 Å². The Bertz CT molecular complexity index is 674. The molecule has 0 aliphatic carbocycles. The van der Waals surface area contributed by atoms with E-state index in [1.807, 2.05) is 19.9 Å². The quantitative estimate of drug-likeness (QED) is 0.883. The number of ether oxygens (including phenoxy) is 1. The fourth-order valence-electron chi connectivity index (χ4n) is 2.12. The number of rotatable bonds is 6. The summed E-state index contributed by atoms with van der Waals surface area (Å²) in [5.41, 5.74) is 1.61. The van der Waals surface area contributed by atoms with Gasteiger partial charge in [-0.25, -0.2) is 14.2 Å². The maximum absolute atomic E-state index is 13.2. The lowest BCUT2D eigenvalue weighted by Crippen LogP contribution is -2.36. The number of nitrogens with zero attached hydrogens (tertiary/aromatic N) is 2. The zero-order valence-corrected chi connectivity index (χ0v) is 14.1. The minimum Gasteiger partial charge on any atom is -0.475 e. The van der Waals surface area contributed by atoms with Gasteiger partial charge in [-0.3, -0.25) is 0 Å². The molecule has 0 spiro atoms. The fraction of sp³-hybridized carbons (Fsp3) is 0.333. The third kappa shape index (κ3) is 5.53. The van der Waals surface area contributed by atoms with Gasteiger partial charge in [-0.15, -0.1) is 0 Å². The highest BCUT2D eigenvalue weighted by molar-refractivity contribution is 5.73. The fourth-order valence-corrected chi connectivity index (χ4v) is 2.12. The first-order valence-corrected chi connectivity index (χ1v) is 7.79. The zero-order chi connectivity index (χ0) is 17.5. The van der Waals surface area contributed by atoms with E-state index < -0.39 is 0 Å². The Morgan fingerprint density at radius 1 is 1.29 bits per heavy atom. The van der Waals surface area contributed by atoms with Gasteiger partial charge in [-0.05, 0) is 37.1 Å². The summed E-state index contributed by atoms with van der Waals surface area (Å²) in [6.45, 7) is 4.57. The van der Waals surface area contributed by atoms with Gasteiger partial charge in [0, 0.05) is 32.4 Å². The van der Waals surface area contributed by atoms with E-state index in [4.69, 9.17) is 4.74 Å². The molecule has 0 radical (unpaired) electrons. The lowest BCUT2D eigenvalue weighted by molar-refractivity contribution is 0.206. The predicted molar refractivity (Wildman–Crippen MR) is 90.1 cm³/mol. The van der Waals surface area contributed by atoms with E-state index >= 15 is 0 Å². The number of urea groups is 1. The van der Waals surface area contributed by atoms with E-state index in [-0.39, 0.29) is 18.0 Å². The van der Waals surface area contributed by atoms with Crippen LogP contribution in [0.4, 0.5) is 9.18 Å². The molecular formula is C18H22FN3O2. The molecule has 1 N–H and O–H groups in total. The first kappa shape index (κ1) is 17.7. The van der Waals surface area contributed by atoms with Gasteiger partial charge in [0.1, 0.15) is 5.82 Å². The number of carbonyl (C=O) groups is 1. The van der Waals surface area contributed by atoms with Crippen LogP contribution in [0.5, 0.6) is 5.88 Å². The van der Waals surface area contributed by atoms with Gasteiger partial charge in [0.15, 0.2) is 0 Å². The van der Waals surface area contributed by atoms with Crippen molar-refractivity contribution < 1.29 is 13.9 Å². The van der Waals surface area contributed by atoms with Crippen molar-refractivity contribution in [2.75, 3.05) is 7.05 Å². The summed E-state index contributed by atoms with van der Waals surface area (Å²) in [5, 5.41) is 2.81. The molecule has 24 heavy (non-hydrogen) atoms. The smallest absolute Gasteiger partial charge is 0.317 e. The van der Waals surface area contributed by atoms with E-state index in [9.17, 15) is 9.18 Å². The SMILES string of the molecule is CC(C)Oc1ccc(CNC(=O)N(C)Cc2cccc(F)c2)cn1. The standard InChI is InChI=1S/C18H22FN3O2/c1-13(2)24-17-8-7-15(10-20-17)11-21-18(23)22(3)12-14-5-4-6-16(19)9-14/h4-10,13H,11-12H2,1-3H3,(H,21,23). The normalized spacial score (nSPS) is 10.5. The molecule has 0 saturated heterocycles. The van der Waals surface area contributed by atoms with Crippen molar-refractivity contribution in [2.45, 2.75) is 33.0 Å². The number of carbonyl (C=O) groups excluding carboxylic acids is 1. The van der Waals surface area contributed by atoms with Gasteiger partial charge >= 0.3 is 6.03 Å². The van der Waals surface area contributed by atoms with Gasteiger partial charge in [0.2, 0.25) is 5.88 Å². The molecule has 2 aromatic rings. The van der Waals surface area contributed by atoms with Crippen LogP contribution in [0.25, 0.3) is 0 Å². The maximum Gasteiger partial charge on any atom is 0.317 e. The number of hydrogen-bond donors (Lipinski definition) is 1. The molecule has 2 amide bonds. The van der Waals surface area contributed by atoms with Crippen molar-refractivity contribution in [3.05, 3.63) is 59.5 Å². The summed E-state index contributed by atoms with van der Waals surface area (Å²) < 4.78 is 18.6. The Balaban J connectivity index is 1.83. The Kier molecular flexibility index (Phi) is 6.12. The summed E-state index contributed by atoms with van der Waals surface area (Å²) in [6.07, 6.45) is 1.74. The lowest BCUT2D eigenvalue weighted by Gasteiger charge is -2.18. The minimum atomic E-state index is -0.309. The molecular weight excluding hydrogens is 309 g/mol. The highest BCUT2D eigenvalue weighted by atomic mass is 19.1. The molecule has 1 aromatic carbocycles. The van der Waals surface area contributed by atoms with Crippen molar-refractivity contribution in [3.8, 4) is 5.88 Å². The van der Waals surface area contributed by atoms with Crippen molar-refractivity contribution in [3.63, 3.8) is 0 Å². The first-order valence-electron chi connectivity index (χ1n) is 7.79. The number of amides is 2. The third-order valence-electron chi connectivity index (χ3n) is 3.25. The molecule has 1 aromatic heterocycles. The summed E-state index contributed by atoms with van der Waals surface area (Å²) in [4.78, 5) is 17.8. The van der Waals surface area contributed by atoms with Gasteiger partial charge < -0.3 is 15.0 Å². The minimum absolute atomic E-state index is 0.0690. The van der Waals surface area contributed by atoms with Crippen LogP contribution in [-0.2, 0) is 13.1 Å². The van der Waals surface area contributed by atoms with E-state index in [0.717, 1.165) is 11.1 Å². The Morgan fingerprint density at radius 3 is 2.71 bits per heavy atom. The van der Waals surface area contributed by atoms with Crippen LogP contribution in [-0.4, -0.2) is 29.1 Å². The second-order valence-electron chi connectivity index (χ2n) is 5.82. The van der Waals surface area contributed by atoms with Crippen LogP contribution in [0.1, 0.15) is 25.0 Å². The zero-order valence-electron chi connectivity index (χ0n) is 14.1. The second kappa shape index (κ2) is 8.29. The molecule has 0 aliphatic rings. The number of aromatic nitrogens is 1. The van der Waals surface area contributed by atoms with Crippen LogP contribution in [0.3, 0.4) is 0 Å². The van der Waals surface area contributed by atoms with Gasteiger partial charge in [0.05, 0.1) is 6.10 Å². The molecule has 0 fully saturated rings. The topological polar surface area (TPSA) is 54.5 Å². The Hall–Kier alpha value is -2.63. The van der Waals surface area contributed by atoms with Gasteiger partial charge in [0.25, 0.3) is 0 Å².